The summed E-state index contributed by atoms with van der Waals surface area (Å²) in [6.45, 7) is 7.46. The maximum atomic E-state index is 5.64. The fourth-order valence-corrected chi connectivity index (χ4v) is 2.17. The molecule has 0 amide bonds. The van der Waals surface area contributed by atoms with Crippen LogP contribution in [0.2, 0.25) is 0 Å². The highest BCUT2D eigenvalue weighted by Crippen LogP contribution is 2.12. The summed E-state index contributed by atoms with van der Waals surface area (Å²) in [4.78, 5) is 2.33. The van der Waals surface area contributed by atoms with Crippen molar-refractivity contribution in [1.82, 2.24) is 15.1 Å². The number of nitrogens with zero attached hydrogens (tertiary/aromatic N) is 3. The monoisotopic (exact) mass is 289 g/mol. The van der Waals surface area contributed by atoms with E-state index in [0.717, 1.165) is 31.7 Å². The van der Waals surface area contributed by atoms with Crippen LogP contribution in [-0.4, -0.2) is 28.2 Å². The van der Waals surface area contributed by atoms with Crippen LogP contribution in [0.1, 0.15) is 38.5 Å². The largest absolute Gasteiger partial charge is 0.484 e. The van der Waals surface area contributed by atoms with E-state index in [-0.39, 0.29) is 0 Å². The van der Waals surface area contributed by atoms with Gasteiger partial charge in [-0.25, -0.2) is 0 Å². The summed E-state index contributed by atoms with van der Waals surface area (Å²) < 4.78 is 11.2. The quantitative estimate of drug-likeness (QED) is 0.709. The molecule has 21 heavy (non-hydrogen) atoms. The molecule has 0 aliphatic carbocycles. The standard InChI is InChI=1S/C16H23N3O2/c1-3-10-19(11-4-2)12-15-17-18-16(21-15)13-20-14-8-6-5-7-9-14/h5-9H,3-4,10-13H2,1-2H3. The van der Waals surface area contributed by atoms with Gasteiger partial charge in [0.1, 0.15) is 5.75 Å². The number of aromatic nitrogens is 2. The van der Waals surface area contributed by atoms with E-state index >= 15 is 0 Å². The minimum Gasteiger partial charge on any atom is -0.484 e. The third-order valence-electron chi connectivity index (χ3n) is 3.05. The lowest BCUT2D eigenvalue weighted by Crippen LogP contribution is -2.25. The molecule has 0 spiro atoms. The van der Waals surface area contributed by atoms with Crippen LogP contribution in [0.5, 0.6) is 5.75 Å². The number of rotatable bonds is 9. The lowest BCUT2D eigenvalue weighted by atomic mass is 10.3. The van der Waals surface area contributed by atoms with Gasteiger partial charge in [0.15, 0.2) is 6.61 Å². The maximum Gasteiger partial charge on any atom is 0.253 e. The smallest absolute Gasteiger partial charge is 0.253 e. The van der Waals surface area contributed by atoms with Gasteiger partial charge in [0.2, 0.25) is 5.89 Å². The Morgan fingerprint density at radius 3 is 2.33 bits per heavy atom. The second-order valence-corrected chi connectivity index (χ2v) is 4.97. The summed E-state index contributed by atoms with van der Waals surface area (Å²) in [5.74, 6) is 1.97. The van der Waals surface area contributed by atoms with E-state index in [4.69, 9.17) is 9.15 Å². The van der Waals surface area contributed by atoms with Crippen molar-refractivity contribution >= 4 is 0 Å². The van der Waals surface area contributed by atoms with Gasteiger partial charge >= 0.3 is 0 Å². The Bertz CT molecular complexity index is 507. The predicted octanol–water partition coefficient (Wildman–Crippen LogP) is 3.27. The highest BCUT2D eigenvalue weighted by atomic mass is 16.5. The first-order valence-electron chi connectivity index (χ1n) is 7.53. The normalized spacial score (nSPS) is 11.0. The molecule has 0 radical (unpaired) electrons. The van der Waals surface area contributed by atoms with Gasteiger partial charge in [-0.3, -0.25) is 4.90 Å². The summed E-state index contributed by atoms with van der Waals surface area (Å²) in [6.07, 6.45) is 2.25. The van der Waals surface area contributed by atoms with Gasteiger partial charge < -0.3 is 9.15 Å². The Morgan fingerprint density at radius 1 is 1.00 bits per heavy atom. The van der Waals surface area contributed by atoms with Gasteiger partial charge in [-0.2, -0.15) is 0 Å². The molecule has 114 valence electrons. The summed E-state index contributed by atoms with van der Waals surface area (Å²) in [5, 5.41) is 8.13. The van der Waals surface area contributed by atoms with Crippen LogP contribution in [-0.2, 0) is 13.2 Å². The van der Waals surface area contributed by atoms with Crippen LogP contribution in [0, 0.1) is 0 Å². The molecule has 0 aliphatic rings. The topological polar surface area (TPSA) is 51.4 Å². The van der Waals surface area contributed by atoms with Crippen molar-refractivity contribution in [2.75, 3.05) is 13.1 Å². The van der Waals surface area contributed by atoms with Crippen molar-refractivity contribution < 1.29 is 9.15 Å². The molecule has 0 unspecified atom stereocenters. The molecule has 0 aliphatic heterocycles. The molecule has 0 atom stereocenters. The van der Waals surface area contributed by atoms with E-state index in [0.29, 0.717) is 24.9 Å². The van der Waals surface area contributed by atoms with E-state index in [1.165, 1.54) is 0 Å². The highest BCUT2D eigenvalue weighted by Gasteiger charge is 2.11. The minimum atomic E-state index is 0.304. The minimum absolute atomic E-state index is 0.304. The number of benzene rings is 1. The lowest BCUT2D eigenvalue weighted by molar-refractivity contribution is 0.222. The lowest BCUT2D eigenvalue weighted by Gasteiger charge is -2.18. The third kappa shape index (κ3) is 5.19. The zero-order valence-electron chi connectivity index (χ0n) is 12.8. The molecule has 5 heteroatoms. The van der Waals surface area contributed by atoms with Crippen molar-refractivity contribution in [3.63, 3.8) is 0 Å². The Balaban J connectivity index is 1.85. The number of hydrogen-bond acceptors (Lipinski definition) is 5. The van der Waals surface area contributed by atoms with E-state index in [2.05, 4.69) is 28.9 Å². The van der Waals surface area contributed by atoms with Crippen molar-refractivity contribution in [3.8, 4) is 5.75 Å². The third-order valence-corrected chi connectivity index (χ3v) is 3.05. The molecular formula is C16H23N3O2. The van der Waals surface area contributed by atoms with Crippen LogP contribution in [0.25, 0.3) is 0 Å². The zero-order chi connectivity index (χ0) is 14.9. The van der Waals surface area contributed by atoms with Gasteiger partial charge in [0.25, 0.3) is 5.89 Å². The number of hydrogen-bond donors (Lipinski definition) is 0. The zero-order valence-corrected chi connectivity index (χ0v) is 12.8. The van der Waals surface area contributed by atoms with E-state index in [9.17, 15) is 0 Å². The van der Waals surface area contributed by atoms with Crippen molar-refractivity contribution in [3.05, 3.63) is 42.1 Å². The van der Waals surface area contributed by atoms with Crippen LogP contribution in [0.3, 0.4) is 0 Å². The second kappa shape index (κ2) is 8.42. The molecule has 1 aromatic carbocycles. The summed E-state index contributed by atoms with van der Waals surface area (Å²) in [7, 11) is 0. The van der Waals surface area contributed by atoms with Crippen molar-refractivity contribution in [1.29, 1.82) is 0 Å². The molecule has 0 saturated heterocycles. The second-order valence-electron chi connectivity index (χ2n) is 4.97. The van der Waals surface area contributed by atoms with E-state index in [1.807, 2.05) is 30.3 Å². The molecule has 0 bridgehead atoms. The van der Waals surface area contributed by atoms with Gasteiger partial charge in [-0.15, -0.1) is 10.2 Å². The summed E-state index contributed by atoms with van der Waals surface area (Å²) >= 11 is 0. The SMILES string of the molecule is CCCN(CCC)Cc1nnc(COc2ccccc2)o1. The van der Waals surface area contributed by atoms with E-state index in [1.54, 1.807) is 0 Å². The van der Waals surface area contributed by atoms with Gasteiger partial charge in [0.05, 0.1) is 6.54 Å². The average molecular weight is 289 g/mol. The first-order valence-corrected chi connectivity index (χ1v) is 7.53. The number of para-hydroxylation sites is 1. The molecular weight excluding hydrogens is 266 g/mol. The maximum absolute atomic E-state index is 5.64. The molecule has 0 saturated carbocycles. The van der Waals surface area contributed by atoms with Crippen LogP contribution >= 0.6 is 0 Å². The Morgan fingerprint density at radius 2 is 1.67 bits per heavy atom. The van der Waals surface area contributed by atoms with Gasteiger partial charge in [-0.05, 0) is 38.1 Å². The fraction of sp³-hybridized carbons (Fsp3) is 0.500. The van der Waals surface area contributed by atoms with Crippen LogP contribution < -0.4 is 4.74 Å². The molecule has 1 aromatic heterocycles. The average Bonchev–Trinajstić information content (AvgIpc) is 2.94. The van der Waals surface area contributed by atoms with Gasteiger partial charge in [0, 0.05) is 0 Å². The van der Waals surface area contributed by atoms with Crippen LogP contribution in [0.15, 0.2) is 34.7 Å². The molecule has 0 N–H and O–H groups in total. The Labute approximate surface area is 125 Å². The summed E-state index contributed by atoms with van der Waals surface area (Å²) in [6, 6.07) is 9.63. The Hall–Kier alpha value is -1.88. The molecule has 2 aromatic rings. The van der Waals surface area contributed by atoms with Crippen molar-refractivity contribution in [2.24, 2.45) is 0 Å². The number of ether oxygens (including phenoxy) is 1. The molecule has 5 nitrogen and oxygen atoms in total. The Kier molecular flexibility index (Phi) is 6.22. The highest BCUT2D eigenvalue weighted by molar-refractivity contribution is 5.20. The molecule has 0 fully saturated rings. The predicted molar refractivity (Wildman–Crippen MR) is 80.9 cm³/mol. The fourth-order valence-electron chi connectivity index (χ4n) is 2.17. The van der Waals surface area contributed by atoms with Gasteiger partial charge in [-0.1, -0.05) is 32.0 Å². The molecule has 2 rings (SSSR count). The van der Waals surface area contributed by atoms with Crippen molar-refractivity contribution in [2.45, 2.75) is 39.8 Å². The van der Waals surface area contributed by atoms with Crippen LogP contribution in [0.4, 0.5) is 0 Å². The van der Waals surface area contributed by atoms with E-state index < -0.39 is 0 Å². The molecule has 1 heterocycles. The first kappa shape index (κ1) is 15.5. The summed E-state index contributed by atoms with van der Waals surface area (Å²) in [5.41, 5.74) is 0. The first-order chi connectivity index (χ1) is 10.3.